The lowest BCUT2D eigenvalue weighted by molar-refractivity contribution is 0.0692. The molecule has 3 aromatic rings. The molecule has 0 bridgehead atoms. The van der Waals surface area contributed by atoms with Crippen molar-refractivity contribution in [2.45, 2.75) is 6.42 Å². The van der Waals surface area contributed by atoms with Gasteiger partial charge in [0.05, 0.1) is 32.5 Å². The van der Waals surface area contributed by atoms with Crippen LogP contribution in [0, 0.1) is 0 Å². The van der Waals surface area contributed by atoms with E-state index in [-0.39, 0.29) is 22.9 Å². The van der Waals surface area contributed by atoms with E-state index in [9.17, 15) is 14.7 Å². The molecule has 10 heteroatoms. The van der Waals surface area contributed by atoms with Crippen LogP contribution in [-0.2, 0) is 6.42 Å². The van der Waals surface area contributed by atoms with Crippen molar-refractivity contribution in [3.63, 3.8) is 0 Å². The predicted octanol–water partition coefficient (Wildman–Crippen LogP) is 2.63. The maximum atomic E-state index is 12.5. The highest BCUT2D eigenvalue weighted by atomic mass is 16.5. The minimum absolute atomic E-state index is 0.0105. The fourth-order valence-electron chi connectivity index (χ4n) is 3.11. The Morgan fingerprint density at radius 2 is 1.66 bits per heavy atom. The highest BCUT2D eigenvalue weighted by molar-refractivity contribution is 6.10. The average molecular weight is 438 g/mol. The summed E-state index contributed by atoms with van der Waals surface area (Å²) in [6, 6.07) is 9.43. The number of nitrogen functional groups attached to an aromatic ring is 1. The van der Waals surface area contributed by atoms with Crippen LogP contribution < -0.4 is 25.3 Å². The first-order valence-electron chi connectivity index (χ1n) is 9.41. The van der Waals surface area contributed by atoms with E-state index >= 15 is 0 Å². The fourth-order valence-corrected chi connectivity index (χ4v) is 3.11. The second-order valence-electron chi connectivity index (χ2n) is 6.62. The molecule has 0 aliphatic rings. The molecule has 4 N–H and O–H groups in total. The Kier molecular flexibility index (Phi) is 6.74. The van der Waals surface area contributed by atoms with Crippen molar-refractivity contribution >= 4 is 23.6 Å². The Labute approximate surface area is 184 Å². The molecule has 0 atom stereocenters. The van der Waals surface area contributed by atoms with E-state index < -0.39 is 11.9 Å². The number of aromatic nitrogens is 2. The van der Waals surface area contributed by atoms with Gasteiger partial charge in [-0.2, -0.15) is 4.98 Å². The number of carboxylic acid groups (broad SMARTS) is 1. The summed E-state index contributed by atoms with van der Waals surface area (Å²) in [5, 5.41) is 11.7. The van der Waals surface area contributed by atoms with Crippen LogP contribution >= 0.6 is 0 Å². The average Bonchev–Trinajstić information content (AvgIpc) is 2.79. The number of carbonyl (C=O) groups is 2. The van der Waals surface area contributed by atoms with Gasteiger partial charge in [-0.3, -0.25) is 10.1 Å². The molecule has 10 nitrogen and oxygen atoms in total. The molecule has 1 amide bonds. The summed E-state index contributed by atoms with van der Waals surface area (Å²) in [4.78, 5) is 32.1. The maximum absolute atomic E-state index is 12.5. The third-order valence-corrected chi connectivity index (χ3v) is 4.64. The van der Waals surface area contributed by atoms with Gasteiger partial charge in [0.25, 0.3) is 5.91 Å². The van der Waals surface area contributed by atoms with Gasteiger partial charge < -0.3 is 25.1 Å². The van der Waals surface area contributed by atoms with Crippen LogP contribution in [0.5, 0.6) is 17.2 Å². The van der Waals surface area contributed by atoms with Crippen LogP contribution in [0.2, 0.25) is 0 Å². The van der Waals surface area contributed by atoms with Crippen molar-refractivity contribution in [1.29, 1.82) is 0 Å². The van der Waals surface area contributed by atoms with Gasteiger partial charge in [-0.05, 0) is 29.8 Å². The number of carboxylic acids is 1. The molecule has 1 aromatic heterocycles. The summed E-state index contributed by atoms with van der Waals surface area (Å²) in [5.41, 5.74) is 7.37. The highest BCUT2D eigenvalue weighted by Gasteiger charge is 2.18. The summed E-state index contributed by atoms with van der Waals surface area (Å²) in [6.45, 7) is 0. The van der Waals surface area contributed by atoms with Crippen molar-refractivity contribution < 1.29 is 28.9 Å². The molecule has 0 radical (unpaired) electrons. The summed E-state index contributed by atoms with van der Waals surface area (Å²) in [6.07, 6.45) is 1.86. The Morgan fingerprint density at radius 1 is 1.03 bits per heavy atom. The largest absolute Gasteiger partial charge is 0.493 e. The summed E-state index contributed by atoms with van der Waals surface area (Å²) in [5.74, 6) is -0.263. The first-order valence-corrected chi connectivity index (χ1v) is 9.41. The fraction of sp³-hybridized carbons (Fsp3) is 0.182. The van der Waals surface area contributed by atoms with E-state index in [4.69, 9.17) is 19.9 Å². The second kappa shape index (κ2) is 9.65. The van der Waals surface area contributed by atoms with Gasteiger partial charge in [-0.25, -0.2) is 9.78 Å². The van der Waals surface area contributed by atoms with Crippen LogP contribution in [0.25, 0.3) is 0 Å². The van der Waals surface area contributed by atoms with E-state index in [1.165, 1.54) is 45.7 Å². The molecule has 0 saturated heterocycles. The Hall–Kier alpha value is -4.34. The smallest absolute Gasteiger partial charge is 0.336 e. The molecule has 0 unspecified atom stereocenters. The van der Waals surface area contributed by atoms with E-state index in [0.29, 0.717) is 29.2 Å². The third-order valence-electron chi connectivity index (χ3n) is 4.64. The minimum Gasteiger partial charge on any atom is -0.493 e. The number of carbonyl (C=O) groups excluding carboxylic acids is 1. The molecule has 0 aliphatic heterocycles. The third kappa shape index (κ3) is 4.69. The van der Waals surface area contributed by atoms with Gasteiger partial charge in [0.1, 0.15) is 5.82 Å². The lowest BCUT2D eigenvalue weighted by atomic mass is 10.1. The Balaban J connectivity index is 1.82. The lowest BCUT2D eigenvalue weighted by Gasteiger charge is -2.14. The Morgan fingerprint density at radius 3 is 2.19 bits per heavy atom. The number of aromatic carboxylic acids is 1. The van der Waals surface area contributed by atoms with Crippen molar-refractivity contribution in [1.82, 2.24) is 9.97 Å². The number of nitrogens with one attached hydrogen (secondary N) is 1. The number of hydrogen-bond donors (Lipinski definition) is 3. The highest BCUT2D eigenvalue weighted by Crippen LogP contribution is 2.38. The second-order valence-corrected chi connectivity index (χ2v) is 6.62. The van der Waals surface area contributed by atoms with Crippen LogP contribution in [0.4, 0.5) is 11.8 Å². The minimum atomic E-state index is -1.21. The molecule has 2 aromatic carbocycles. The molecule has 0 aliphatic carbocycles. The number of benzene rings is 2. The number of methoxy groups -OCH3 is 3. The van der Waals surface area contributed by atoms with Crippen molar-refractivity contribution in [2.75, 3.05) is 32.4 Å². The number of anilines is 2. The number of rotatable bonds is 8. The summed E-state index contributed by atoms with van der Waals surface area (Å²) in [7, 11) is 4.57. The molecule has 32 heavy (non-hydrogen) atoms. The molecule has 1 heterocycles. The van der Waals surface area contributed by atoms with Crippen LogP contribution in [0.1, 0.15) is 31.8 Å². The van der Waals surface area contributed by atoms with Crippen molar-refractivity contribution in [3.05, 3.63) is 64.8 Å². The van der Waals surface area contributed by atoms with E-state index in [1.807, 2.05) is 0 Å². The zero-order valence-corrected chi connectivity index (χ0v) is 17.7. The van der Waals surface area contributed by atoms with Crippen LogP contribution in [0.15, 0.2) is 42.6 Å². The van der Waals surface area contributed by atoms with E-state index in [1.54, 1.807) is 18.2 Å². The zero-order chi connectivity index (χ0) is 23.3. The number of ether oxygens (including phenoxy) is 3. The standard InChI is InChI=1S/C22H22N4O6/c1-30-16-9-12(10-17(31-2)18(16)32-3)8-13-11-24-22(25-19(13)23)26-20(27)14-6-4-5-7-15(14)21(28)29/h4-7,9-11H,8H2,1-3H3,(H,28,29)(H3,23,24,25,26,27). The Bertz CT molecular complexity index is 1140. The molecule has 0 spiro atoms. The maximum Gasteiger partial charge on any atom is 0.336 e. The zero-order valence-electron chi connectivity index (χ0n) is 17.7. The van der Waals surface area contributed by atoms with Gasteiger partial charge in [-0.1, -0.05) is 12.1 Å². The topological polar surface area (TPSA) is 146 Å². The van der Waals surface area contributed by atoms with Crippen LogP contribution in [0.3, 0.4) is 0 Å². The molecule has 0 saturated carbocycles. The van der Waals surface area contributed by atoms with E-state index in [0.717, 1.165) is 5.56 Å². The molecular formula is C22H22N4O6. The van der Waals surface area contributed by atoms with Gasteiger partial charge in [-0.15, -0.1) is 0 Å². The molecule has 3 rings (SSSR count). The normalized spacial score (nSPS) is 10.3. The van der Waals surface area contributed by atoms with Crippen molar-refractivity contribution in [2.24, 2.45) is 0 Å². The number of nitrogens with zero attached hydrogens (tertiary/aromatic N) is 2. The molecule has 0 fully saturated rings. The quantitative estimate of drug-likeness (QED) is 0.483. The predicted molar refractivity (Wildman–Crippen MR) is 117 cm³/mol. The van der Waals surface area contributed by atoms with E-state index in [2.05, 4.69) is 15.3 Å². The lowest BCUT2D eigenvalue weighted by Crippen LogP contribution is -2.18. The molecular weight excluding hydrogens is 416 g/mol. The SMILES string of the molecule is COc1cc(Cc2cnc(NC(=O)c3ccccc3C(=O)O)nc2N)cc(OC)c1OC. The van der Waals surface area contributed by atoms with Gasteiger partial charge >= 0.3 is 5.97 Å². The summed E-state index contributed by atoms with van der Waals surface area (Å²) >= 11 is 0. The van der Waals surface area contributed by atoms with Crippen molar-refractivity contribution in [3.8, 4) is 17.2 Å². The molecule has 166 valence electrons. The van der Waals surface area contributed by atoms with Gasteiger partial charge in [0.2, 0.25) is 11.7 Å². The van der Waals surface area contributed by atoms with Gasteiger partial charge in [0.15, 0.2) is 11.5 Å². The first kappa shape index (κ1) is 22.3. The number of nitrogens with two attached hydrogens (primary N) is 1. The van der Waals surface area contributed by atoms with Gasteiger partial charge in [0, 0.05) is 18.2 Å². The summed E-state index contributed by atoms with van der Waals surface area (Å²) < 4.78 is 16.0. The number of amides is 1. The van der Waals surface area contributed by atoms with Crippen LogP contribution in [-0.4, -0.2) is 48.3 Å². The first-order chi connectivity index (χ1) is 15.4. The monoisotopic (exact) mass is 438 g/mol. The number of hydrogen-bond acceptors (Lipinski definition) is 8.